The Kier molecular flexibility index (Phi) is 6.85. The minimum atomic E-state index is -4.30. The van der Waals surface area contributed by atoms with Gasteiger partial charge < -0.3 is 10.2 Å². The van der Waals surface area contributed by atoms with Crippen LogP contribution in [0.15, 0.2) is 23.1 Å². The van der Waals surface area contributed by atoms with Gasteiger partial charge in [0.1, 0.15) is 0 Å². The molecule has 0 heterocycles. The Morgan fingerprint density at radius 1 is 1.25 bits per heavy atom. The lowest BCUT2D eigenvalue weighted by Gasteiger charge is -2.15. The second-order valence-electron chi connectivity index (χ2n) is 4.76. The van der Waals surface area contributed by atoms with Crippen molar-refractivity contribution in [3.63, 3.8) is 0 Å². The second kappa shape index (κ2) is 7.90. The van der Waals surface area contributed by atoms with Crippen molar-refractivity contribution in [1.29, 1.82) is 0 Å². The van der Waals surface area contributed by atoms with E-state index in [4.69, 9.17) is 0 Å². The van der Waals surface area contributed by atoms with Crippen LogP contribution in [0.3, 0.4) is 0 Å². The first-order chi connectivity index (χ1) is 9.34. The third-order valence-electron chi connectivity index (χ3n) is 2.72. The van der Waals surface area contributed by atoms with Crippen LogP contribution < -0.4 is 5.32 Å². The molecule has 0 unspecified atom stereocenters. The predicted molar refractivity (Wildman–Crippen MR) is 78.1 cm³/mol. The summed E-state index contributed by atoms with van der Waals surface area (Å²) in [7, 11) is 3.81. The lowest BCUT2D eigenvalue weighted by molar-refractivity contribution is -0.139. The summed E-state index contributed by atoms with van der Waals surface area (Å²) in [5.41, 5.74) is 0.132. The Balaban J connectivity index is 2.87. The molecule has 6 heteroatoms. The summed E-state index contributed by atoms with van der Waals surface area (Å²) in [6.07, 6.45) is -4.30. The van der Waals surface area contributed by atoms with Gasteiger partial charge in [-0.1, -0.05) is 13.0 Å². The van der Waals surface area contributed by atoms with Crippen LogP contribution in [0.25, 0.3) is 0 Å². The molecule has 1 rings (SSSR count). The summed E-state index contributed by atoms with van der Waals surface area (Å²) in [6.45, 7) is 3.88. The molecule has 0 aliphatic rings. The number of benzene rings is 1. The Morgan fingerprint density at radius 2 is 1.95 bits per heavy atom. The highest BCUT2D eigenvalue weighted by Gasteiger charge is 2.33. The van der Waals surface area contributed by atoms with Crippen molar-refractivity contribution in [3.8, 4) is 0 Å². The Bertz CT molecular complexity index is 419. The number of thioether (sulfide) groups is 1. The maximum atomic E-state index is 13.1. The van der Waals surface area contributed by atoms with Crippen molar-refractivity contribution in [3.05, 3.63) is 29.3 Å². The zero-order chi connectivity index (χ0) is 15.2. The van der Waals surface area contributed by atoms with Gasteiger partial charge in [0.25, 0.3) is 0 Å². The molecule has 1 aromatic rings. The molecule has 114 valence electrons. The van der Waals surface area contributed by atoms with Crippen LogP contribution in [0.1, 0.15) is 18.1 Å². The fraction of sp³-hybridized carbons (Fsp3) is 0.571. The quantitative estimate of drug-likeness (QED) is 0.777. The molecule has 0 atom stereocenters. The normalized spacial score (nSPS) is 12.2. The Hall–Kier alpha value is -0.720. The molecule has 0 radical (unpaired) electrons. The van der Waals surface area contributed by atoms with E-state index in [0.29, 0.717) is 22.8 Å². The minimum Gasteiger partial charge on any atom is -0.313 e. The first kappa shape index (κ1) is 17.3. The van der Waals surface area contributed by atoms with Gasteiger partial charge >= 0.3 is 6.18 Å². The highest BCUT2D eigenvalue weighted by Crippen LogP contribution is 2.37. The number of hydrogen-bond acceptors (Lipinski definition) is 3. The van der Waals surface area contributed by atoms with Crippen LogP contribution in [-0.4, -0.2) is 37.8 Å². The number of nitrogens with zero attached hydrogens (tertiary/aromatic N) is 1. The summed E-state index contributed by atoms with van der Waals surface area (Å²) in [4.78, 5) is 2.26. The van der Waals surface area contributed by atoms with Gasteiger partial charge in [0.2, 0.25) is 0 Å². The van der Waals surface area contributed by atoms with Gasteiger partial charge in [-0.25, -0.2) is 0 Å². The number of hydrogen-bond donors (Lipinski definition) is 1. The van der Waals surface area contributed by atoms with Gasteiger partial charge in [0.15, 0.2) is 0 Å². The molecule has 2 nitrogen and oxygen atoms in total. The molecule has 0 bridgehead atoms. The molecule has 0 amide bonds. The van der Waals surface area contributed by atoms with Gasteiger partial charge in [-0.3, -0.25) is 0 Å². The number of alkyl halides is 3. The third-order valence-corrected chi connectivity index (χ3v) is 3.78. The van der Waals surface area contributed by atoms with Crippen molar-refractivity contribution in [2.75, 3.05) is 32.9 Å². The van der Waals surface area contributed by atoms with Gasteiger partial charge in [0.05, 0.1) is 5.56 Å². The molecule has 1 N–H and O–H groups in total. The van der Waals surface area contributed by atoms with E-state index in [9.17, 15) is 13.2 Å². The molecule has 0 fully saturated rings. The molecule has 0 aliphatic heterocycles. The van der Waals surface area contributed by atoms with Crippen molar-refractivity contribution < 1.29 is 13.2 Å². The van der Waals surface area contributed by atoms with Crippen molar-refractivity contribution in [1.82, 2.24) is 10.2 Å². The van der Waals surface area contributed by atoms with Gasteiger partial charge in [-0.05, 0) is 38.3 Å². The van der Waals surface area contributed by atoms with E-state index in [0.717, 1.165) is 13.1 Å². The number of rotatable bonds is 7. The largest absolute Gasteiger partial charge is 0.417 e. The average Bonchev–Trinajstić information content (AvgIpc) is 2.35. The van der Waals surface area contributed by atoms with Gasteiger partial charge in [-0.2, -0.15) is 13.2 Å². The fourth-order valence-electron chi connectivity index (χ4n) is 1.64. The second-order valence-corrected chi connectivity index (χ2v) is 5.90. The fourth-order valence-corrected chi connectivity index (χ4v) is 2.81. The van der Waals surface area contributed by atoms with E-state index >= 15 is 0 Å². The molecule has 0 saturated heterocycles. The monoisotopic (exact) mass is 306 g/mol. The molecule has 20 heavy (non-hydrogen) atoms. The first-order valence-corrected chi connectivity index (χ1v) is 7.51. The third kappa shape index (κ3) is 5.73. The summed E-state index contributed by atoms with van der Waals surface area (Å²) < 4.78 is 39.3. The lowest BCUT2D eigenvalue weighted by Crippen LogP contribution is -2.16. The van der Waals surface area contributed by atoms with Crippen LogP contribution in [-0.2, 0) is 12.7 Å². The lowest BCUT2D eigenvalue weighted by atomic mass is 10.1. The first-order valence-electron chi connectivity index (χ1n) is 6.53. The van der Waals surface area contributed by atoms with E-state index in [-0.39, 0.29) is 0 Å². The van der Waals surface area contributed by atoms with Crippen molar-refractivity contribution >= 4 is 11.8 Å². The highest BCUT2D eigenvalue weighted by atomic mass is 32.2. The maximum absolute atomic E-state index is 13.1. The summed E-state index contributed by atoms with van der Waals surface area (Å²) in [5, 5.41) is 3.04. The van der Waals surface area contributed by atoms with Gasteiger partial charge in [0, 0.05) is 23.7 Å². The molecule has 0 saturated carbocycles. The molecule has 0 spiro atoms. The van der Waals surface area contributed by atoms with Crippen LogP contribution in [0, 0.1) is 0 Å². The SMILES string of the molecule is CCNCc1ccc(SCCN(C)C)c(C(F)(F)F)c1. The van der Waals surface area contributed by atoms with Crippen LogP contribution in [0.2, 0.25) is 0 Å². The van der Waals surface area contributed by atoms with E-state index in [2.05, 4.69) is 5.32 Å². The Morgan fingerprint density at radius 3 is 2.50 bits per heavy atom. The van der Waals surface area contributed by atoms with E-state index in [1.807, 2.05) is 25.9 Å². The van der Waals surface area contributed by atoms with E-state index in [1.54, 1.807) is 12.1 Å². The molecular weight excluding hydrogens is 285 g/mol. The summed E-state index contributed by atoms with van der Waals surface area (Å²) in [6, 6.07) is 4.59. The molecular formula is C14H21F3N2S. The predicted octanol–water partition coefficient (Wildman–Crippen LogP) is 3.47. The zero-order valence-electron chi connectivity index (χ0n) is 12.0. The Labute approximate surface area is 122 Å². The smallest absolute Gasteiger partial charge is 0.313 e. The topological polar surface area (TPSA) is 15.3 Å². The van der Waals surface area contributed by atoms with Crippen LogP contribution in [0.5, 0.6) is 0 Å². The minimum absolute atomic E-state index is 0.305. The zero-order valence-corrected chi connectivity index (χ0v) is 12.9. The van der Waals surface area contributed by atoms with Crippen LogP contribution >= 0.6 is 11.8 Å². The molecule has 0 aliphatic carbocycles. The van der Waals surface area contributed by atoms with E-state index in [1.165, 1.54) is 17.8 Å². The number of nitrogens with one attached hydrogen (secondary N) is 1. The van der Waals surface area contributed by atoms with Crippen molar-refractivity contribution in [2.24, 2.45) is 0 Å². The molecule has 1 aromatic carbocycles. The summed E-state index contributed by atoms with van der Waals surface area (Å²) in [5.74, 6) is 0.642. The molecule has 0 aromatic heterocycles. The number of halogens is 3. The standard InChI is InChI=1S/C14H21F3N2S/c1-4-18-10-11-5-6-13(20-8-7-19(2)3)12(9-11)14(15,16)17/h5-6,9,18H,4,7-8,10H2,1-3H3. The van der Waals surface area contributed by atoms with Crippen molar-refractivity contribution in [2.45, 2.75) is 24.5 Å². The van der Waals surface area contributed by atoms with Gasteiger partial charge in [-0.15, -0.1) is 11.8 Å². The average molecular weight is 306 g/mol. The van der Waals surface area contributed by atoms with E-state index < -0.39 is 11.7 Å². The maximum Gasteiger partial charge on any atom is 0.417 e. The van der Waals surface area contributed by atoms with Crippen LogP contribution in [0.4, 0.5) is 13.2 Å². The highest BCUT2D eigenvalue weighted by molar-refractivity contribution is 7.99. The summed E-state index contributed by atoms with van der Waals surface area (Å²) >= 11 is 1.25.